The lowest BCUT2D eigenvalue weighted by Crippen LogP contribution is -2.54. The maximum Gasteiger partial charge on any atom is 0.220 e. The van der Waals surface area contributed by atoms with Crippen molar-refractivity contribution >= 4 is 5.91 Å². The predicted octanol–water partition coefficient (Wildman–Crippen LogP) is 3.41. The van der Waals surface area contributed by atoms with E-state index in [1.165, 1.54) is 12.8 Å². The molecule has 2 aliphatic rings. The Balaban J connectivity index is 1.46. The third-order valence-electron chi connectivity index (χ3n) is 5.68. The van der Waals surface area contributed by atoms with Crippen LogP contribution >= 0.6 is 0 Å². The number of fused-ring (bicyclic) bond motifs is 1. The van der Waals surface area contributed by atoms with Gasteiger partial charge in [-0.25, -0.2) is 0 Å². The van der Waals surface area contributed by atoms with Gasteiger partial charge in [0.15, 0.2) is 11.5 Å². The number of likely N-dealkylation sites (tertiary alicyclic amines) is 1. The molecule has 5 nitrogen and oxygen atoms in total. The van der Waals surface area contributed by atoms with Crippen LogP contribution < -0.4 is 14.8 Å². The number of hydrogen-bond acceptors (Lipinski definition) is 4. The fraction of sp³-hybridized carbons (Fsp3) is 0.682. The summed E-state index contributed by atoms with van der Waals surface area (Å²) in [6, 6.07) is 5.99. The van der Waals surface area contributed by atoms with Gasteiger partial charge in [-0.05, 0) is 63.3 Å². The average Bonchev–Trinajstić information content (AvgIpc) is 2.89. The van der Waals surface area contributed by atoms with Crippen LogP contribution in [0, 0.1) is 5.92 Å². The van der Waals surface area contributed by atoms with Crippen molar-refractivity contribution in [2.75, 3.05) is 32.8 Å². The molecule has 1 aromatic rings. The van der Waals surface area contributed by atoms with E-state index in [0.717, 1.165) is 42.5 Å². The number of rotatable bonds is 6. The van der Waals surface area contributed by atoms with Gasteiger partial charge in [0.1, 0.15) is 0 Å². The topological polar surface area (TPSA) is 50.8 Å². The molecule has 150 valence electrons. The van der Waals surface area contributed by atoms with Crippen molar-refractivity contribution < 1.29 is 14.3 Å². The van der Waals surface area contributed by atoms with Crippen molar-refractivity contribution in [2.24, 2.45) is 5.92 Å². The predicted molar refractivity (Wildman–Crippen MR) is 107 cm³/mol. The number of carbonyl (C=O) groups is 1. The first kappa shape index (κ1) is 20.0. The zero-order valence-electron chi connectivity index (χ0n) is 17.1. The van der Waals surface area contributed by atoms with Crippen molar-refractivity contribution in [3.8, 4) is 11.5 Å². The Hall–Kier alpha value is -1.75. The molecule has 0 spiro atoms. The first-order chi connectivity index (χ1) is 12.9. The summed E-state index contributed by atoms with van der Waals surface area (Å²) >= 11 is 0. The zero-order chi connectivity index (χ0) is 19.3. The Morgan fingerprint density at radius 1 is 1.22 bits per heavy atom. The Morgan fingerprint density at radius 2 is 2.00 bits per heavy atom. The van der Waals surface area contributed by atoms with Crippen LogP contribution in [0.3, 0.4) is 0 Å². The summed E-state index contributed by atoms with van der Waals surface area (Å²) < 4.78 is 11.4. The van der Waals surface area contributed by atoms with Crippen molar-refractivity contribution in [3.05, 3.63) is 23.8 Å². The molecular formula is C22H34N2O3. The molecule has 2 heterocycles. The number of amides is 1. The normalized spacial score (nSPS) is 20.8. The quantitative estimate of drug-likeness (QED) is 0.829. The number of piperidine rings is 1. The van der Waals surface area contributed by atoms with Crippen molar-refractivity contribution in [2.45, 2.75) is 58.4 Å². The first-order valence-electron chi connectivity index (χ1n) is 10.3. The molecule has 0 aliphatic carbocycles. The van der Waals surface area contributed by atoms with Crippen LogP contribution in [0.1, 0.15) is 52.0 Å². The lowest BCUT2D eigenvalue weighted by molar-refractivity contribution is -0.121. The molecule has 1 saturated heterocycles. The maximum atomic E-state index is 12.4. The van der Waals surface area contributed by atoms with Crippen LogP contribution in [0.4, 0.5) is 0 Å². The molecule has 27 heavy (non-hydrogen) atoms. The molecule has 5 heteroatoms. The molecule has 0 aromatic heterocycles. The minimum Gasteiger partial charge on any atom is -0.490 e. The summed E-state index contributed by atoms with van der Waals surface area (Å²) in [6.07, 6.45) is 4.67. The second-order valence-corrected chi connectivity index (χ2v) is 8.61. The standard InChI is InChI=1S/C22H34N2O3/c1-17-6-4-11-24(15-17)22(2,3)16-23-21(25)10-8-18-7-9-19-20(14-18)27-13-5-12-26-19/h7,9,14,17H,4-6,8,10-13,15-16H2,1-3H3,(H,23,25). The van der Waals surface area contributed by atoms with Gasteiger partial charge in [0.25, 0.3) is 0 Å². The van der Waals surface area contributed by atoms with E-state index in [2.05, 4.69) is 31.0 Å². The fourth-order valence-corrected chi connectivity index (χ4v) is 3.88. The Morgan fingerprint density at radius 3 is 2.78 bits per heavy atom. The Kier molecular flexibility index (Phi) is 6.64. The van der Waals surface area contributed by atoms with Crippen LogP contribution in [0.5, 0.6) is 11.5 Å². The average molecular weight is 375 g/mol. The highest BCUT2D eigenvalue weighted by molar-refractivity contribution is 5.76. The minimum absolute atomic E-state index is 0.000408. The molecule has 2 aliphatic heterocycles. The van der Waals surface area contributed by atoms with Gasteiger partial charge in [0.05, 0.1) is 13.2 Å². The molecule has 0 bridgehead atoms. The summed E-state index contributed by atoms with van der Waals surface area (Å²) in [7, 11) is 0. The number of aryl methyl sites for hydroxylation is 1. The molecule has 1 atom stereocenters. The Labute approximate surface area is 163 Å². The molecule has 1 fully saturated rings. The Bertz CT molecular complexity index is 644. The zero-order valence-corrected chi connectivity index (χ0v) is 17.1. The summed E-state index contributed by atoms with van der Waals surface area (Å²) in [5, 5.41) is 3.14. The van der Waals surface area contributed by atoms with Gasteiger partial charge >= 0.3 is 0 Å². The molecule has 1 unspecified atom stereocenters. The van der Waals surface area contributed by atoms with Crippen molar-refractivity contribution in [3.63, 3.8) is 0 Å². The van der Waals surface area contributed by atoms with Crippen molar-refractivity contribution in [1.29, 1.82) is 0 Å². The number of nitrogens with zero attached hydrogens (tertiary/aromatic N) is 1. The van der Waals surface area contributed by atoms with Gasteiger partial charge in [0.2, 0.25) is 5.91 Å². The summed E-state index contributed by atoms with van der Waals surface area (Å²) in [4.78, 5) is 14.9. The number of ether oxygens (including phenoxy) is 2. The first-order valence-corrected chi connectivity index (χ1v) is 10.3. The second kappa shape index (κ2) is 8.96. The van der Waals surface area contributed by atoms with E-state index >= 15 is 0 Å². The number of carbonyl (C=O) groups excluding carboxylic acids is 1. The SMILES string of the molecule is CC1CCCN(C(C)(C)CNC(=O)CCc2ccc3c(c2)OCCCO3)C1. The third-order valence-corrected chi connectivity index (χ3v) is 5.68. The highest BCUT2D eigenvalue weighted by atomic mass is 16.5. The van der Waals surface area contributed by atoms with Crippen LogP contribution in [-0.2, 0) is 11.2 Å². The largest absolute Gasteiger partial charge is 0.490 e. The molecule has 1 aromatic carbocycles. The van der Waals surface area contributed by atoms with E-state index in [1.54, 1.807) is 0 Å². The summed E-state index contributed by atoms with van der Waals surface area (Å²) in [5.41, 5.74) is 1.11. The van der Waals surface area contributed by atoms with Crippen LogP contribution in [0.25, 0.3) is 0 Å². The van der Waals surface area contributed by atoms with E-state index in [9.17, 15) is 4.79 Å². The second-order valence-electron chi connectivity index (χ2n) is 8.61. The highest BCUT2D eigenvalue weighted by Gasteiger charge is 2.30. The molecule has 1 N–H and O–H groups in total. The third kappa shape index (κ3) is 5.61. The van der Waals surface area contributed by atoms with Gasteiger partial charge in [0, 0.05) is 31.5 Å². The molecule has 3 rings (SSSR count). The van der Waals surface area contributed by atoms with Gasteiger partial charge in [-0.3, -0.25) is 9.69 Å². The number of benzene rings is 1. The minimum atomic E-state index is -0.000408. The monoisotopic (exact) mass is 374 g/mol. The van der Waals surface area contributed by atoms with Crippen LogP contribution in [0.15, 0.2) is 18.2 Å². The smallest absolute Gasteiger partial charge is 0.220 e. The highest BCUT2D eigenvalue weighted by Crippen LogP contribution is 2.30. The maximum absolute atomic E-state index is 12.4. The van der Waals surface area contributed by atoms with E-state index in [-0.39, 0.29) is 11.4 Å². The van der Waals surface area contributed by atoms with E-state index in [1.807, 2.05) is 18.2 Å². The number of nitrogens with one attached hydrogen (secondary N) is 1. The summed E-state index contributed by atoms with van der Waals surface area (Å²) in [6.45, 7) is 11.1. The number of hydrogen-bond donors (Lipinski definition) is 1. The van der Waals surface area contributed by atoms with E-state index in [4.69, 9.17) is 9.47 Å². The van der Waals surface area contributed by atoms with Crippen LogP contribution in [0.2, 0.25) is 0 Å². The van der Waals surface area contributed by atoms with Gasteiger partial charge in [-0.2, -0.15) is 0 Å². The van der Waals surface area contributed by atoms with E-state index < -0.39 is 0 Å². The molecule has 0 radical (unpaired) electrons. The van der Waals surface area contributed by atoms with Gasteiger partial charge < -0.3 is 14.8 Å². The molecular weight excluding hydrogens is 340 g/mol. The van der Waals surface area contributed by atoms with Crippen LogP contribution in [-0.4, -0.2) is 49.2 Å². The summed E-state index contributed by atoms with van der Waals surface area (Å²) in [5.74, 6) is 2.46. The molecule has 1 amide bonds. The lowest BCUT2D eigenvalue weighted by atomic mass is 9.93. The molecule has 0 saturated carbocycles. The lowest BCUT2D eigenvalue weighted by Gasteiger charge is -2.43. The van der Waals surface area contributed by atoms with E-state index in [0.29, 0.717) is 32.6 Å². The van der Waals surface area contributed by atoms with Gasteiger partial charge in [-0.15, -0.1) is 0 Å². The fourth-order valence-electron chi connectivity index (χ4n) is 3.88. The van der Waals surface area contributed by atoms with Crippen molar-refractivity contribution in [1.82, 2.24) is 10.2 Å². The van der Waals surface area contributed by atoms with Gasteiger partial charge in [-0.1, -0.05) is 13.0 Å².